The monoisotopic (exact) mass is 343 g/mol. The molecule has 0 radical (unpaired) electrons. The number of esters is 1. The van der Waals surface area contributed by atoms with E-state index in [-0.39, 0.29) is 24.1 Å². The second kappa shape index (κ2) is 5.59. The molecule has 4 atom stereocenters. The van der Waals surface area contributed by atoms with E-state index in [1.807, 2.05) is 36.4 Å². The molecular formula is C19H21NO5. The molecule has 2 bridgehead atoms. The fourth-order valence-corrected chi connectivity index (χ4v) is 4.13. The Morgan fingerprint density at radius 2 is 2.12 bits per heavy atom. The highest BCUT2D eigenvalue weighted by atomic mass is 16.6. The topological polar surface area (TPSA) is 65.1 Å². The Morgan fingerprint density at radius 3 is 2.84 bits per heavy atom. The molecular weight excluding hydrogens is 322 g/mol. The van der Waals surface area contributed by atoms with E-state index >= 15 is 0 Å². The van der Waals surface area contributed by atoms with Crippen LogP contribution in [0.5, 0.6) is 5.75 Å². The van der Waals surface area contributed by atoms with Crippen molar-refractivity contribution in [2.75, 3.05) is 18.6 Å². The van der Waals surface area contributed by atoms with Crippen LogP contribution >= 0.6 is 0 Å². The summed E-state index contributed by atoms with van der Waals surface area (Å²) >= 11 is 0. The lowest BCUT2D eigenvalue weighted by atomic mass is 9.77. The van der Waals surface area contributed by atoms with Crippen LogP contribution < -0.4 is 9.64 Å². The molecule has 6 nitrogen and oxygen atoms in total. The van der Waals surface area contributed by atoms with E-state index < -0.39 is 17.4 Å². The molecule has 4 rings (SSSR count). The second-order valence-corrected chi connectivity index (χ2v) is 6.98. The van der Waals surface area contributed by atoms with Crippen molar-refractivity contribution in [2.24, 2.45) is 11.8 Å². The third kappa shape index (κ3) is 2.28. The van der Waals surface area contributed by atoms with Crippen LogP contribution in [0.2, 0.25) is 0 Å². The van der Waals surface area contributed by atoms with Gasteiger partial charge in [-0.2, -0.15) is 0 Å². The van der Waals surface area contributed by atoms with Crippen molar-refractivity contribution in [1.29, 1.82) is 0 Å². The number of nitrogens with zero attached hydrogens (tertiary/aromatic N) is 1. The molecule has 0 aliphatic carbocycles. The third-order valence-corrected chi connectivity index (χ3v) is 5.10. The minimum absolute atomic E-state index is 0.123. The van der Waals surface area contributed by atoms with Crippen LogP contribution in [0.1, 0.15) is 13.8 Å². The summed E-state index contributed by atoms with van der Waals surface area (Å²) in [4.78, 5) is 27.4. The zero-order chi connectivity index (χ0) is 17.8. The number of anilines is 1. The molecule has 6 heteroatoms. The fraction of sp³-hybridized carbons (Fsp3) is 0.474. The quantitative estimate of drug-likeness (QED) is 0.617. The number of hydrogen-bond donors (Lipinski definition) is 0. The van der Waals surface area contributed by atoms with Gasteiger partial charge in [-0.1, -0.05) is 24.3 Å². The zero-order valence-corrected chi connectivity index (χ0v) is 14.5. The lowest BCUT2D eigenvalue weighted by Crippen LogP contribution is -2.40. The summed E-state index contributed by atoms with van der Waals surface area (Å²) in [5.74, 6) is -1.03. The number of carbonyl (C=O) groups excluding carboxylic acids is 2. The smallest absolute Gasteiger partial charge is 0.313 e. The maximum atomic E-state index is 13.2. The summed E-state index contributed by atoms with van der Waals surface area (Å²) in [5, 5.41) is 0. The lowest BCUT2D eigenvalue weighted by Gasteiger charge is -2.23. The molecule has 0 aromatic heterocycles. The summed E-state index contributed by atoms with van der Waals surface area (Å²) in [6, 6.07) is 7.36. The lowest BCUT2D eigenvalue weighted by molar-refractivity contribution is -0.156. The number of ether oxygens (including phenoxy) is 3. The Hall–Kier alpha value is -2.34. The number of para-hydroxylation sites is 2. The molecule has 2 fully saturated rings. The number of amides is 1. The molecule has 132 valence electrons. The fourth-order valence-electron chi connectivity index (χ4n) is 4.13. The highest BCUT2D eigenvalue weighted by Gasteiger charge is 2.67. The highest BCUT2D eigenvalue weighted by molar-refractivity contribution is 6.03. The summed E-state index contributed by atoms with van der Waals surface area (Å²) < 4.78 is 16.8. The van der Waals surface area contributed by atoms with Crippen molar-refractivity contribution in [3.8, 4) is 5.75 Å². The molecule has 1 spiro atoms. The van der Waals surface area contributed by atoms with Gasteiger partial charge in [-0.25, -0.2) is 0 Å². The van der Waals surface area contributed by atoms with Crippen LogP contribution in [-0.2, 0) is 19.1 Å². The first-order valence-corrected chi connectivity index (χ1v) is 8.49. The van der Waals surface area contributed by atoms with Crippen LogP contribution in [0.3, 0.4) is 0 Å². The normalized spacial score (nSPS) is 32.4. The predicted octanol–water partition coefficient (Wildman–Crippen LogP) is 1.93. The zero-order valence-electron chi connectivity index (χ0n) is 14.5. The highest BCUT2D eigenvalue weighted by Crippen LogP contribution is 2.53. The Bertz CT molecular complexity index is 758. The van der Waals surface area contributed by atoms with Crippen molar-refractivity contribution >= 4 is 17.6 Å². The number of fused-ring (bicyclic) bond motifs is 1. The van der Waals surface area contributed by atoms with Gasteiger partial charge in [0.05, 0.1) is 37.5 Å². The van der Waals surface area contributed by atoms with Gasteiger partial charge in [-0.3, -0.25) is 9.59 Å². The molecule has 3 heterocycles. The molecule has 4 unspecified atom stereocenters. The Labute approximate surface area is 146 Å². The summed E-state index contributed by atoms with van der Waals surface area (Å²) in [6.45, 7) is 3.97. The number of hydrogen-bond acceptors (Lipinski definition) is 5. The Balaban J connectivity index is 1.69. The minimum Gasteiger partial charge on any atom is -0.495 e. The largest absolute Gasteiger partial charge is 0.495 e. The summed E-state index contributed by atoms with van der Waals surface area (Å²) in [5.41, 5.74) is -0.0706. The molecule has 0 N–H and O–H groups in total. The van der Waals surface area contributed by atoms with Gasteiger partial charge in [-0.15, -0.1) is 0 Å². The standard InChI is InChI=1S/C19H21NO5/c1-11(2)24-18(22)15-14-8-9-19(25-14)10-20(17(21)16(15)19)12-6-4-5-7-13(12)23-3/h4-9,11,14-16H,10H2,1-3H3. The average Bonchev–Trinajstić information content (AvgIpc) is 3.22. The van der Waals surface area contributed by atoms with Crippen LogP contribution in [0, 0.1) is 11.8 Å². The van der Waals surface area contributed by atoms with Gasteiger partial charge in [-0.05, 0) is 26.0 Å². The van der Waals surface area contributed by atoms with Gasteiger partial charge >= 0.3 is 5.97 Å². The first kappa shape index (κ1) is 16.1. The van der Waals surface area contributed by atoms with Crippen molar-refractivity contribution < 1.29 is 23.8 Å². The second-order valence-electron chi connectivity index (χ2n) is 6.98. The number of methoxy groups -OCH3 is 1. The van der Waals surface area contributed by atoms with Crippen molar-refractivity contribution in [3.63, 3.8) is 0 Å². The molecule has 3 aliphatic rings. The van der Waals surface area contributed by atoms with E-state index in [1.165, 1.54) is 0 Å². The van der Waals surface area contributed by atoms with Crippen LogP contribution in [0.4, 0.5) is 5.69 Å². The van der Waals surface area contributed by atoms with E-state index in [0.717, 1.165) is 0 Å². The van der Waals surface area contributed by atoms with Gasteiger partial charge in [0, 0.05) is 0 Å². The van der Waals surface area contributed by atoms with E-state index in [4.69, 9.17) is 14.2 Å². The molecule has 1 aromatic carbocycles. The average molecular weight is 343 g/mol. The van der Waals surface area contributed by atoms with Gasteiger partial charge in [0.25, 0.3) is 0 Å². The van der Waals surface area contributed by atoms with Crippen LogP contribution in [0.25, 0.3) is 0 Å². The van der Waals surface area contributed by atoms with Crippen molar-refractivity contribution in [2.45, 2.75) is 31.7 Å². The van der Waals surface area contributed by atoms with E-state index in [1.54, 1.807) is 25.9 Å². The van der Waals surface area contributed by atoms with E-state index in [9.17, 15) is 9.59 Å². The summed E-state index contributed by atoms with van der Waals surface area (Å²) in [6.07, 6.45) is 3.18. The summed E-state index contributed by atoms with van der Waals surface area (Å²) in [7, 11) is 1.57. The maximum Gasteiger partial charge on any atom is 0.313 e. The third-order valence-electron chi connectivity index (χ3n) is 5.10. The van der Waals surface area contributed by atoms with Crippen LogP contribution in [-0.4, -0.2) is 43.3 Å². The van der Waals surface area contributed by atoms with Gasteiger partial charge in [0.15, 0.2) is 0 Å². The van der Waals surface area contributed by atoms with Gasteiger partial charge in [0.1, 0.15) is 17.3 Å². The molecule has 1 aromatic rings. The van der Waals surface area contributed by atoms with E-state index in [0.29, 0.717) is 18.0 Å². The Morgan fingerprint density at radius 1 is 1.36 bits per heavy atom. The molecule has 3 aliphatic heterocycles. The van der Waals surface area contributed by atoms with Gasteiger partial charge in [0.2, 0.25) is 5.91 Å². The number of carbonyl (C=O) groups is 2. The van der Waals surface area contributed by atoms with Gasteiger partial charge < -0.3 is 19.1 Å². The van der Waals surface area contributed by atoms with Crippen LogP contribution in [0.15, 0.2) is 36.4 Å². The molecule has 1 amide bonds. The molecule has 0 saturated carbocycles. The predicted molar refractivity (Wildman–Crippen MR) is 90.3 cm³/mol. The number of benzene rings is 1. The first-order valence-electron chi connectivity index (χ1n) is 8.49. The van der Waals surface area contributed by atoms with E-state index in [2.05, 4.69) is 0 Å². The van der Waals surface area contributed by atoms with Crippen molar-refractivity contribution in [1.82, 2.24) is 0 Å². The first-order chi connectivity index (χ1) is 12.0. The SMILES string of the molecule is COc1ccccc1N1CC23C=CC(O2)C(C(=O)OC(C)C)C3C1=O. The van der Waals surface area contributed by atoms with Crippen molar-refractivity contribution in [3.05, 3.63) is 36.4 Å². The molecule has 2 saturated heterocycles. The Kier molecular flexibility index (Phi) is 3.61. The molecule has 25 heavy (non-hydrogen) atoms. The maximum absolute atomic E-state index is 13.2. The number of rotatable bonds is 4. The minimum atomic E-state index is -0.761.